The van der Waals surface area contributed by atoms with Crippen LogP contribution >= 0.6 is 15.9 Å². The Bertz CT molecular complexity index is 925. The van der Waals surface area contributed by atoms with Crippen LogP contribution in [-0.4, -0.2) is 12.8 Å². The van der Waals surface area contributed by atoms with Gasteiger partial charge in [0.15, 0.2) is 0 Å². The monoisotopic (exact) mass is 468 g/mol. The molecule has 1 atom stereocenters. The molecule has 0 saturated heterocycles. The summed E-state index contributed by atoms with van der Waals surface area (Å²) in [6.45, 7) is -0.571. The van der Waals surface area contributed by atoms with E-state index in [1.54, 1.807) is 36.4 Å². The second-order valence-electron chi connectivity index (χ2n) is 6.36. The molecule has 7 heteroatoms. The predicted octanol–water partition coefficient (Wildman–Crippen LogP) is 7.24. The lowest BCUT2D eigenvalue weighted by atomic mass is 9.99. The molecule has 3 rings (SSSR count). The maximum atomic E-state index is 13.4. The lowest BCUT2D eigenvalue weighted by Gasteiger charge is -2.21. The summed E-state index contributed by atoms with van der Waals surface area (Å²) in [7, 11) is 0. The Morgan fingerprint density at radius 1 is 0.862 bits per heavy atom. The van der Waals surface area contributed by atoms with Gasteiger partial charge in [0.2, 0.25) is 0 Å². The fourth-order valence-corrected chi connectivity index (χ4v) is 2.97. The van der Waals surface area contributed by atoms with Gasteiger partial charge in [0.05, 0.1) is 13.2 Å². The molecule has 0 N–H and O–H groups in total. The standard InChI is InChI=1S/C22H17BrF4O2/c23-17-6-10-19(11-7-17)29-20-3-1-2-15(12-20)13-28-14-21(22(25,26)27)16-4-8-18(24)9-5-16/h1-12,21H,13-14H2. The van der Waals surface area contributed by atoms with Crippen LogP contribution in [0.15, 0.2) is 77.3 Å². The lowest BCUT2D eigenvalue weighted by molar-refractivity contribution is -0.163. The molecule has 0 aliphatic carbocycles. The van der Waals surface area contributed by atoms with Crippen molar-refractivity contribution in [1.29, 1.82) is 0 Å². The van der Waals surface area contributed by atoms with Gasteiger partial charge in [-0.15, -0.1) is 0 Å². The smallest absolute Gasteiger partial charge is 0.397 e. The van der Waals surface area contributed by atoms with E-state index in [9.17, 15) is 17.6 Å². The summed E-state index contributed by atoms with van der Waals surface area (Å²) in [5, 5.41) is 0. The molecule has 3 aromatic carbocycles. The molecule has 0 amide bonds. The highest BCUT2D eigenvalue weighted by atomic mass is 79.9. The number of hydrogen-bond acceptors (Lipinski definition) is 2. The van der Waals surface area contributed by atoms with Gasteiger partial charge in [-0.05, 0) is 59.7 Å². The molecule has 3 aromatic rings. The van der Waals surface area contributed by atoms with Gasteiger partial charge in [0.1, 0.15) is 23.2 Å². The first-order valence-corrected chi connectivity index (χ1v) is 9.53. The Hall–Kier alpha value is -2.38. The molecule has 0 aromatic heterocycles. The zero-order valence-corrected chi connectivity index (χ0v) is 16.7. The van der Waals surface area contributed by atoms with E-state index in [1.165, 1.54) is 0 Å². The molecular formula is C22H17BrF4O2. The SMILES string of the molecule is Fc1ccc(C(COCc2cccc(Oc3ccc(Br)cc3)c2)C(F)(F)F)cc1. The van der Waals surface area contributed by atoms with E-state index < -0.39 is 24.5 Å². The van der Waals surface area contributed by atoms with Crippen LogP contribution < -0.4 is 4.74 Å². The number of hydrogen-bond donors (Lipinski definition) is 0. The third kappa shape index (κ3) is 6.30. The summed E-state index contributed by atoms with van der Waals surface area (Å²) in [4.78, 5) is 0. The summed E-state index contributed by atoms with van der Waals surface area (Å²) >= 11 is 3.35. The Morgan fingerprint density at radius 2 is 1.55 bits per heavy atom. The minimum Gasteiger partial charge on any atom is -0.457 e. The van der Waals surface area contributed by atoms with Crippen LogP contribution in [0.5, 0.6) is 11.5 Å². The van der Waals surface area contributed by atoms with Crippen molar-refractivity contribution in [2.45, 2.75) is 18.7 Å². The minimum absolute atomic E-state index is 0.00862. The number of halogens is 5. The average molecular weight is 469 g/mol. The third-order valence-electron chi connectivity index (χ3n) is 4.17. The Labute approximate surface area is 174 Å². The van der Waals surface area contributed by atoms with Gasteiger partial charge < -0.3 is 9.47 Å². The zero-order valence-electron chi connectivity index (χ0n) is 15.1. The zero-order chi connectivity index (χ0) is 20.9. The maximum Gasteiger partial charge on any atom is 0.397 e. The Balaban J connectivity index is 1.62. The van der Waals surface area contributed by atoms with Crippen molar-refractivity contribution < 1.29 is 27.0 Å². The van der Waals surface area contributed by atoms with Gasteiger partial charge >= 0.3 is 6.18 Å². The molecule has 1 unspecified atom stereocenters. The van der Waals surface area contributed by atoms with Gasteiger partial charge in [0.25, 0.3) is 0 Å². The van der Waals surface area contributed by atoms with Gasteiger partial charge in [-0.25, -0.2) is 4.39 Å². The van der Waals surface area contributed by atoms with Crippen molar-refractivity contribution >= 4 is 15.9 Å². The summed E-state index contributed by atoms with van der Waals surface area (Å²) in [5.74, 6) is -1.22. The molecule has 0 saturated carbocycles. The Morgan fingerprint density at radius 3 is 2.21 bits per heavy atom. The summed E-state index contributed by atoms with van der Waals surface area (Å²) in [5.41, 5.74) is 0.644. The molecule has 152 valence electrons. The molecule has 0 heterocycles. The first-order chi connectivity index (χ1) is 13.8. The number of ether oxygens (including phenoxy) is 2. The van der Waals surface area contributed by atoms with Crippen LogP contribution in [0.25, 0.3) is 0 Å². The van der Waals surface area contributed by atoms with Crippen LogP contribution in [0.4, 0.5) is 17.6 Å². The van der Waals surface area contributed by atoms with Crippen molar-refractivity contribution in [1.82, 2.24) is 0 Å². The fraction of sp³-hybridized carbons (Fsp3) is 0.182. The molecule has 0 aliphatic heterocycles. The van der Waals surface area contributed by atoms with Crippen molar-refractivity contribution in [2.24, 2.45) is 0 Å². The molecule has 0 spiro atoms. The highest BCUT2D eigenvalue weighted by Crippen LogP contribution is 2.35. The van der Waals surface area contributed by atoms with Gasteiger partial charge in [0, 0.05) is 4.47 Å². The lowest BCUT2D eigenvalue weighted by Crippen LogP contribution is -2.25. The van der Waals surface area contributed by atoms with Gasteiger partial charge in [-0.3, -0.25) is 0 Å². The van der Waals surface area contributed by atoms with Crippen LogP contribution in [-0.2, 0) is 11.3 Å². The minimum atomic E-state index is -4.50. The number of benzene rings is 3. The average Bonchev–Trinajstić information content (AvgIpc) is 2.67. The molecule has 0 radical (unpaired) electrons. The predicted molar refractivity (Wildman–Crippen MR) is 106 cm³/mol. The van der Waals surface area contributed by atoms with E-state index in [0.717, 1.165) is 28.7 Å². The van der Waals surface area contributed by atoms with E-state index in [-0.39, 0.29) is 12.2 Å². The second-order valence-corrected chi connectivity index (χ2v) is 7.28. The van der Waals surface area contributed by atoms with E-state index in [1.807, 2.05) is 12.1 Å². The van der Waals surface area contributed by atoms with E-state index in [4.69, 9.17) is 9.47 Å². The molecule has 0 aliphatic rings. The summed E-state index contributed by atoms with van der Waals surface area (Å²) in [6, 6.07) is 18.5. The van der Waals surface area contributed by atoms with Crippen molar-refractivity contribution in [3.63, 3.8) is 0 Å². The summed E-state index contributed by atoms with van der Waals surface area (Å²) < 4.78 is 65.1. The molecule has 2 nitrogen and oxygen atoms in total. The molecular weight excluding hydrogens is 452 g/mol. The van der Waals surface area contributed by atoms with E-state index >= 15 is 0 Å². The van der Waals surface area contributed by atoms with Crippen molar-refractivity contribution in [3.05, 3.63) is 94.2 Å². The summed E-state index contributed by atoms with van der Waals surface area (Å²) in [6.07, 6.45) is -4.50. The number of rotatable bonds is 7. The van der Waals surface area contributed by atoms with E-state index in [0.29, 0.717) is 17.1 Å². The van der Waals surface area contributed by atoms with Crippen LogP contribution in [0.3, 0.4) is 0 Å². The normalized spacial score (nSPS) is 12.6. The van der Waals surface area contributed by atoms with Crippen molar-refractivity contribution in [3.8, 4) is 11.5 Å². The first kappa shape index (κ1) is 21.3. The molecule has 0 fully saturated rings. The maximum absolute atomic E-state index is 13.4. The number of alkyl halides is 3. The first-order valence-electron chi connectivity index (χ1n) is 8.73. The largest absolute Gasteiger partial charge is 0.457 e. The molecule has 0 bridgehead atoms. The topological polar surface area (TPSA) is 18.5 Å². The van der Waals surface area contributed by atoms with Crippen LogP contribution in [0.2, 0.25) is 0 Å². The molecule has 29 heavy (non-hydrogen) atoms. The van der Waals surface area contributed by atoms with Crippen LogP contribution in [0, 0.1) is 5.82 Å². The Kier molecular flexibility index (Phi) is 6.92. The quantitative estimate of drug-likeness (QED) is 0.340. The van der Waals surface area contributed by atoms with Crippen LogP contribution in [0.1, 0.15) is 17.0 Å². The van der Waals surface area contributed by atoms with E-state index in [2.05, 4.69) is 15.9 Å². The highest BCUT2D eigenvalue weighted by molar-refractivity contribution is 9.10. The second kappa shape index (κ2) is 9.41. The fourth-order valence-electron chi connectivity index (χ4n) is 2.71. The van der Waals surface area contributed by atoms with Gasteiger partial charge in [-0.1, -0.05) is 40.2 Å². The van der Waals surface area contributed by atoms with Crippen molar-refractivity contribution in [2.75, 3.05) is 6.61 Å². The highest BCUT2D eigenvalue weighted by Gasteiger charge is 2.40. The van der Waals surface area contributed by atoms with Gasteiger partial charge in [-0.2, -0.15) is 13.2 Å². The third-order valence-corrected chi connectivity index (χ3v) is 4.70.